The zero-order valence-electron chi connectivity index (χ0n) is 22.7. The minimum atomic E-state index is -0.981. The number of carbonyl (C=O) groups is 2. The Morgan fingerprint density at radius 3 is 2.22 bits per heavy atom. The second kappa shape index (κ2) is 15.9. The van der Waals surface area contributed by atoms with Gasteiger partial charge in [-0.25, -0.2) is 9.59 Å². The highest BCUT2D eigenvalue weighted by atomic mass is 16.6. The fourth-order valence-electron chi connectivity index (χ4n) is 4.01. The molecule has 1 atom stereocenters. The van der Waals surface area contributed by atoms with Crippen LogP contribution in [0, 0.1) is 20.8 Å². The third-order valence-corrected chi connectivity index (χ3v) is 5.74. The molecule has 0 saturated heterocycles. The topological polar surface area (TPSA) is 94.5 Å². The summed E-state index contributed by atoms with van der Waals surface area (Å²) >= 11 is 0. The van der Waals surface area contributed by atoms with Crippen LogP contribution in [0.2, 0.25) is 0 Å². The smallest absolute Gasteiger partial charge is 0.415 e. The number of rotatable bonds is 16. The van der Waals surface area contributed by atoms with E-state index in [1.807, 2.05) is 45.0 Å². The van der Waals surface area contributed by atoms with Crippen molar-refractivity contribution in [3.8, 4) is 11.5 Å². The lowest BCUT2D eigenvalue weighted by molar-refractivity contribution is -0.149. The third-order valence-electron chi connectivity index (χ3n) is 5.74. The van der Waals surface area contributed by atoms with E-state index in [4.69, 9.17) is 18.9 Å². The first-order chi connectivity index (χ1) is 17.7. The second-order valence-corrected chi connectivity index (χ2v) is 9.03. The van der Waals surface area contributed by atoms with E-state index in [9.17, 15) is 14.7 Å². The van der Waals surface area contributed by atoms with Gasteiger partial charge in [-0.15, -0.1) is 0 Å². The Labute approximate surface area is 220 Å². The van der Waals surface area contributed by atoms with E-state index in [2.05, 4.69) is 6.92 Å². The molecule has 2 aromatic rings. The van der Waals surface area contributed by atoms with Crippen molar-refractivity contribution in [1.29, 1.82) is 0 Å². The van der Waals surface area contributed by atoms with E-state index in [0.717, 1.165) is 28.7 Å². The molecule has 2 aromatic carbocycles. The molecule has 0 bridgehead atoms. The van der Waals surface area contributed by atoms with E-state index < -0.39 is 18.2 Å². The van der Waals surface area contributed by atoms with Crippen molar-refractivity contribution in [2.45, 2.75) is 60.0 Å². The zero-order valence-corrected chi connectivity index (χ0v) is 22.7. The molecular weight excluding hydrogens is 474 g/mol. The van der Waals surface area contributed by atoms with Crippen LogP contribution in [0.1, 0.15) is 48.9 Å². The maximum absolute atomic E-state index is 13.1. The summed E-state index contributed by atoms with van der Waals surface area (Å²) in [7, 11) is 0. The van der Waals surface area contributed by atoms with Crippen molar-refractivity contribution >= 4 is 12.1 Å². The van der Waals surface area contributed by atoms with Gasteiger partial charge in [-0.1, -0.05) is 36.8 Å². The molecule has 0 fully saturated rings. The first kappa shape index (κ1) is 30.1. The summed E-state index contributed by atoms with van der Waals surface area (Å²) in [6.07, 6.45) is 0.632. The number of hydrogen-bond acceptors (Lipinski definition) is 6. The molecule has 0 aliphatic rings. The van der Waals surface area contributed by atoms with Gasteiger partial charge >= 0.3 is 12.1 Å². The number of aryl methyl sites for hydroxylation is 3. The van der Waals surface area contributed by atoms with E-state index >= 15 is 0 Å². The van der Waals surface area contributed by atoms with E-state index in [1.165, 1.54) is 0 Å². The Hall–Kier alpha value is -3.10. The van der Waals surface area contributed by atoms with Crippen LogP contribution in [0.25, 0.3) is 0 Å². The molecule has 0 aliphatic carbocycles. The minimum Gasteiger partial charge on any atom is -0.492 e. The van der Waals surface area contributed by atoms with Gasteiger partial charge in [-0.05, 0) is 69.4 Å². The molecular formula is C29H41NO7. The van der Waals surface area contributed by atoms with Crippen LogP contribution in [-0.2, 0) is 20.7 Å². The van der Waals surface area contributed by atoms with Crippen molar-refractivity contribution in [3.63, 3.8) is 0 Å². The van der Waals surface area contributed by atoms with Crippen molar-refractivity contribution in [2.75, 3.05) is 39.5 Å². The Balaban J connectivity index is 1.97. The van der Waals surface area contributed by atoms with Gasteiger partial charge in [0.1, 0.15) is 18.1 Å². The lowest BCUT2D eigenvalue weighted by atomic mass is 10.1. The number of aliphatic carboxylic acids is 1. The summed E-state index contributed by atoms with van der Waals surface area (Å²) in [5.74, 6) is 0.244. The quantitative estimate of drug-likeness (QED) is 0.302. The number of amides is 1. The van der Waals surface area contributed by atoms with Crippen molar-refractivity contribution in [1.82, 2.24) is 4.90 Å². The molecule has 0 radical (unpaired) electrons. The molecule has 204 valence electrons. The van der Waals surface area contributed by atoms with Crippen molar-refractivity contribution in [2.24, 2.45) is 0 Å². The zero-order chi connectivity index (χ0) is 27.2. The van der Waals surface area contributed by atoms with Crippen molar-refractivity contribution in [3.05, 3.63) is 58.7 Å². The number of carboxylic acid groups (broad SMARTS) is 1. The summed E-state index contributed by atoms with van der Waals surface area (Å²) in [5.41, 5.74) is 3.80. The fourth-order valence-corrected chi connectivity index (χ4v) is 4.01. The number of ether oxygens (including phenoxy) is 4. The number of hydrogen-bond donors (Lipinski definition) is 1. The third kappa shape index (κ3) is 10.4. The monoisotopic (exact) mass is 515 g/mol. The molecule has 0 aromatic heterocycles. The first-order valence-corrected chi connectivity index (χ1v) is 12.9. The number of carbonyl (C=O) groups excluding carboxylic acids is 1. The lowest BCUT2D eigenvalue weighted by Crippen LogP contribution is -2.38. The van der Waals surface area contributed by atoms with Crippen LogP contribution in [-0.4, -0.2) is 67.7 Å². The molecule has 8 nitrogen and oxygen atoms in total. The summed E-state index contributed by atoms with van der Waals surface area (Å²) in [6, 6.07) is 11.2. The summed E-state index contributed by atoms with van der Waals surface area (Å²) in [6.45, 7) is 12.4. The van der Waals surface area contributed by atoms with E-state index in [0.29, 0.717) is 50.8 Å². The fraction of sp³-hybridized carbons (Fsp3) is 0.517. The molecule has 0 aliphatic heterocycles. The first-order valence-electron chi connectivity index (χ1n) is 12.9. The summed E-state index contributed by atoms with van der Waals surface area (Å²) in [5, 5.41) is 9.27. The number of nitrogens with zero attached hydrogens (tertiary/aromatic N) is 1. The maximum atomic E-state index is 13.1. The standard InChI is InChI=1S/C29H41NO7/c1-6-15-34-16-8-13-30(29(33)37-27-22(4)18-21(3)19-23(27)5)14-17-36-25-11-9-24(10-12-25)20-26(28(31)32)35-7-2/h9-12,18-19,26H,6-8,13-17,20H2,1-5H3,(H,31,32). The number of carboxylic acids is 1. The van der Waals surface area contributed by atoms with Gasteiger partial charge < -0.3 is 29.0 Å². The average molecular weight is 516 g/mol. The predicted octanol–water partition coefficient (Wildman–Crippen LogP) is 5.34. The number of benzene rings is 2. The highest BCUT2D eigenvalue weighted by Crippen LogP contribution is 2.25. The Morgan fingerprint density at radius 2 is 1.62 bits per heavy atom. The minimum absolute atomic E-state index is 0.279. The van der Waals surface area contributed by atoms with Gasteiger partial charge in [-0.2, -0.15) is 0 Å². The van der Waals surface area contributed by atoms with Gasteiger partial charge in [0.05, 0.1) is 6.54 Å². The lowest BCUT2D eigenvalue weighted by Gasteiger charge is -2.23. The van der Waals surface area contributed by atoms with Crippen LogP contribution in [0.4, 0.5) is 4.79 Å². The van der Waals surface area contributed by atoms with E-state index in [-0.39, 0.29) is 13.0 Å². The molecule has 1 unspecified atom stereocenters. The largest absolute Gasteiger partial charge is 0.492 e. The summed E-state index contributed by atoms with van der Waals surface area (Å²) in [4.78, 5) is 26.0. The normalized spacial score (nSPS) is 11.7. The Bertz CT molecular complexity index is 967. The van der Waals surface area contributed by atoms with Crippen LogP contribution in [0.3, 0.4) is 0 Å². The Morgan fingerprint density at radius 1 is 0.946 bits per heavy atom. The average Bonchev–Trinajstić information content (AvgIpc) is 2.85. The predicted molar refractivity (Wildman–Crippen MR) is 143 cm³/mol. The molecule has 1 amide bonds. The highest BCUT2D eigenvalue weighted by Gasteiger charge is 2.19. The van der Waals surface area contributed by atoms with Gasteiger partial charge in [0.25, 0.3) is 0 Å². The molecule has 8 heteroatoms. The van der Waals surface area contributed by atoms with Crippen molar-refractivity contribution < 1.29 is 33.6 Å². The summed E-state index contributed by atoms with van der Waals surface area (Å²) < 4.78 is 22.5. The van der Waals surface area contributed by atoms with Crippen LogP contribution >= 0.6 is 0 Å². The van der Waals surface area contributed by atoms with E-state index in [1.54, 1.807) is 24.0 Å². The van der Waals surface area contributed by atoms with Crippen LogP contribution < -0.4 is 9.47 Å². The molecule has 0 saturated carbocycles. The SMILES string of the molecule is CCCOCCCN(CCOc1ccc(CC(OCC)C(=O)O)cc1)C(=O)Oc1c(C)cc(C)cc1C. The van der Waals surface area contributed by atoms with Gasteiger partial charge in [0, 0.05) is 32.8 Å². The molecule has 2 rings (SSSR count). The highest BCUT2D eigenvalue weighted by molar-refractivity contribution is 5.73. The molecule has 0 heterocycles. The molecule has 37 heavy (non-hydrogen) atoms. The molecule has 1 N–H and O–H groups in total. The maximum Gasteiger partial charge on any atom is 0.415 e. The van der Waals surface area contributed by atoms with Crippen LogP contribution in [0.15, 0.2) is 36.4 Å². The second-order valence-electron chi connectivity index (χ2n) is 9.03. The van der Waals surface area contributed by atoms with Crippen LogP contribution in [0.5, 0.6) is 11.5 Å². The Kier molecular flexibility index (Phi) is 12.9. The van der Waals surface area contributed by atoms with Gasteiger partial charge in [0.2, 0.25) is 0 Å². The molecule has 0 spiro atoms. The van der Waals surface area contributed by atoms with Gasteiger partial charge in [-0.3, -0.25) is 0 Å². The van der Waals surface area contributed by atoms with Gasteiger partial charge in [0.15, 0.2) is 6.10 Å².